The topological polar surface area (TPSA) is 39.8 Å². The zero-order valence-corrected chi connectivity index (χ0v) is 44.4. The van der Waals surface area contributed by atoms with Gasteiger partial charge in [-0.1, -0.05) is 54.3 Å². The van der Waals surface area contributed by atoms with E-state index in [1.165, 1.54) is 0 Å². The van der Waals surface area contributed by atoms with E-state index < -0.39 is 8.07 Å². The molecule has 1 saturated carbocycles. The van der Waals surface area contributed by atoms with E-state index in [0.717, 1.165) is 0 Å². The normalized spacial score (nSPS) is 29.1. The van der Waals surface area contributed by atoms with Crippen molar-refractivity contribution in [1.29, 1.82) is 0 Å². The molecule has 0 unspecified atom stereocenters. The molecule has 0 aliphatic heterocycles. The van der Waals surface area contributed by atoms with Crippen LogP contribution in [-0.2, 0) is 55.9 Å². The summed E-state index contributed by atoms with van der Waals surface area (Å²) in [5, 5.41) is 67.8. The van der Waals surface area contributed by atoms with Crippen LogP contribution in [-0.4, -0.2) is 8.07 Å². The van der Waals surface area contributed by atoms with Crippen LogP contribution in [0.5, 0.6) is 0 Å². The minimum absolute atomic E-state index is 0. The first-order valence-electron chi connectivity index (χ1n) is 27.4. The molecule has 21 aromatic carbocycles. The second-order valence-electron chi connectivity index (χ2n) is 28.6. The molecule has 76 heavy (non-hydrogen) atoms. The van der Waals surface area contributed by atoms with Crippen LogP contribution in [0.1, 0.15) is 90.3 Å². The Labute approximate surface area is 441 Å². The van der Waals surface area contributed by atoms with Gasteiger partial charge in [0.1, 0.15) is 0 Å². The summed E-state index contributed by atoms with van der Waals surface area (Å²) < 4.78 is 15.0. The molecule has 0 atom stereocenters. The van der Waals surface area contributed by atoms with Crippen molar-refractivity contribution < 1.29 is 28.8 Å². The van der Waals surface area contributed by atoms with Crippen molar-refractivity contribution in [2.24, 2.45) is 0 Å². The molecule has 4 heteroatoms. The van der Waals surface area contributed by atoms with Gasteiger partial charge in [0.2, 0.25) is 0 Å². The quantitative estimate of drug-likeness (QED) is 0.0477. The molecule has 0 amide bonds. The van der Waals surface area contributed by atoms with Crippen LogP contribution in [0.25, 0.3) is 215 Å². The van der Waals surface area contributed by atoms with E-state index in [1.54, 1.807) is 271 Å². The second kappa shape index (κ2) is 8.13. The van der Waals surface area contributed by atoms with Crippen molar-refractivity contribution >= 4 is 224 Å². The van der Waals surface area contributed by atoms with Gasteiger partial charge in [0.05, 0.1) is 8.07 Å². The molecule has 11 aliphatic rings. The largest absolute Gasteiger partial charge is 2.00 e. The molecule has 0 heterocycles. The van der Waals surface area contributed by atoms with E-state index in [0.29, 0.717) is 0 Å². The smallest absolute Gasteiger partial charge is 2.00 e. The van der Waals surface area contributed by atoms with Crippen LogP contribution in [0, 0.1) is 54.9 Å². The molecule has 1 fully saturated rings. The summed E-state index contributed by atoms with van der Waals surface area (Å²) in [4.78, 5) is 0. The molecule has 2 nitrogen and oxygen atoms in total. The van der Waals surface area contributed by atoms with Gasteiger partial charge in [0.15, 0.2) is 0 Å². The monoisotopic (exact) mass is 1050 g/mol. The van der Waals surface area contributed by atoms with Crippen molar-refractivity contribution in [3.63, 3.8) is 0 Å². The third-order valence-electron chi connectivity index (χ3n) is 26.6. The number of hydrogen-bond acceptors (Lipinski definition) is 0. The molecule has 0 saturated heterocycles. The molecule has 0 aromatic heterocycles. The Morgan fingerprint density at radius 2 is 0.316 bits per heavy atom. The summed E-state index contributed by atoms with van der Waals surface area (Å²) in [6, 6.07) is 0. The standard InChI is InChI=1S/C65H15.C5H9Si.2CO.Ru/c1-61-46-36-26-16-11-6-7-9-10-8(6)13-20-18(11)28(26)38-40-30(20)32-22(13)24-15(10)25-23-14(9)21-19-12(7)17(16)27-29(19)39-41-31(21)33(23)43-45-35(25)34(24)44-42(32)52-50(40)62(2,48(38)46)57-56(61)58-60-59(57)64(52,4)54(44)55(45)65(60,5)53(43)51(41)63(58,3)49(39)47(61)37(27)36;1-5-6(2,3)4;2*1-2;/h1-5H3;2-4H3;;;/q;-1;;;+2. The molecule has 0 N–H and O–H groups in total. The van der Waals surface area contributed by atoms with E-state index in [9.17, 15) is 0 Å². The van der Waals surface area contributed by atoms with Gasteiger partial charge in [0.25, 0.3) is 0 Å². The first kappa shape index (κ1) is 35.7. The average Bonchev–Trinajstić information content (AvgIpc) is 1.57. The van der Waals surface area contributed by atoms with Gasteiger partial charge in [0, 0.05) is 56.7 Å². The predicted octanol–water partition coefficient (Wildman–Crippen LogP) is 17.0. The van der Waals surface area contributed by atoms with Crippen LogP contribution in [0.4, 0.5) is 0 Å². The molecule has 11 aliphatic carbocycles. The van der Waals surface area contributed by atoms with Crippen molar-refractivity contribution in [3.8, 4) is 5.54 Å². The maximum Gasteiger partial charge on any atom is 2.00 e. The second-order valence-corrected chi connectivity index (χ2v) is 33.4. The predicted molar refractivity (Wildman–Crippen MR) is 305 cm³/mol. The van der Waals surface area contributed by atoms with Crippen LogP contribution >= 0.6 is 0 Å². The zero-order chi connectivity index (χ0) is 48.5. The summed E-state index contributed by atoms with van der Waals surface area (Å²) in [7, 11) is -1.21. The fourth-order valence-corrected chi connectivity index (χ4v) is 26.2. The maximum absolute atomic E-state index is 7.50. The van der Waals surface area contributed by atoms with E-state index in [2.05, 4.69) is 73.1 Å². The van der Waals surface area contributed by atoms with Gasteiger partial charge < -0.3 is 12.0 Å². The molecule has 32 rings (SSSR count). The molecule has 0 bridgehead atoms. The van der Waals surface area contributed by atoms with E-state index in [4.69, 9.17) is 15.7 Å². The third kappa shape index (κ3) is 1.99. The molecular weight excluding hydrogens is 1030 g/mol. The van der Waals surface area contributed by atoms with Gasteiger partial charge in [-0.3, -0.25) is 0 Å². The van der Waals surface area contributed by atoms with Crippen molar-refractivity contribution in [2.75, 3.05) is 0 Å². The number of hydrogen-bond donors (Lipinski definition) is 0. The first-order chi connectivity index (χ1) is 36.4. The van der Waals surface area contributed by atoms with Crippen molar-refractivity contribution in [3.05, 3.63) is 105 Å². The van der Waals surface area contributed by atoms with Crippen molar-refractivity contribution in [1.82, 2.24) is 0 Å². The molecule has 5 radical (unpaired) electrons. The molecular formula is C72H24O2RuSi+. The average molecular weight is 1050 g/mol. The molecule has 0 spiro atoms. The van der Waals surface area contributed by atoms with Gasteiger partial charge in [-0.15, -0.1) is 0 Å². The minimum atomic E-state index is -1.21. The first-order valence-corrected chi connectivity index (χ1v) is 30.9. The Balaban J connectivity index is 0.000000318. The molecule has 335 valence electrons. The Morgan fingerprint density at radius 3 is 0.395 bits per heavy atom. The SMILES string of the molecule is CC12[C]3[C]4[C]5[C]6[C]3C3(C)c7c1c1c8c2c2c9c%10c(c%11c%12c%13c(c%14c%15c%16c(c3c3c7c7c1c1c%17c8c9c8c9c%10c%12c%10c%12c%13c%15c%13c%15c%16c3c3c7c1c1c(c%178)c(c9%10)c(c%12%13)c1c3%15)C6%14C)C5%11C)C42C.[C-]#C[Si](C)(C)C.[C-]#[O+].[C-]#[O+].[Ru+2]. The Hall–Kier alpha value is -6.62. The minimum Gasteiger partial charge on any atom is 2.00 e. The van der Waals surface area contributed by atoms with Crippen LogP contribution in [0.2, 0.25) is 19.6 Å². The fraction of sp³-hybridized carbons (Fsp3) is 0.181. The fourth-order valence-electron chi connectivity index (χ4n) is 26.2. The summed E-state index contributed by atoms with van der Waals surface area (Å²) in [5.74, 6) is 9.05. The number of benzene rings is 15. The van der Waals surface area contributed by atoms with E-state index in [1.807, 2.05) is 29.6 Å². The molecule has 21 aromatic rings. The van der Waals surface area contributed by atoms with Gasteiger partial charge in [-0.2, -0.15) is 0 Å². The summed E-state index contributed by atoms with van der Waals surface area (Å²) in [5.41, 5.74) is 19.3. The van der Waals surface area contributed by atoms with E-state index >= 15 is 0 Å². The Bertz CT molecular complexity index is 5560. The summed E-state index contributed by atoms with van der Waals surface area (Å²) in [6.07, 6.45) is 6.67. The van der Waals surface area contributed by atoms with Gasteiger partial charge >= 0.3 is 42.1 Å². The third-order valence-corrected chi connectivity index (χ3v) is 27.4. The van der Waals surface area contributed by atoms with Crippen LogP contribution < -0.4 is 0 Å². The van der Waals surface area contributed by atoms with Gasteiger partial charge in [-0.25, -0.2) is 0 Å². The Morgan fingerprint density at radius 1 is 0.237 bits per heavy atom. The zero-order valence-electron chi connectivity index (χ0n) is 41.7. The van der Waals surface area contributed by atoms with E-state index in [-0.39, 0.29) is 46.6 Å². The van der Waals surface area contributed by atoms with Crippen molar-refractivity contribution in [2.45, 2.75) is 81.3 Å². The van der Waals surface area contributed by atoms with Crippen LogP contribution in [0.15, 0.2) is 0 Å². The Kier molecular flexibility index (Phi) is 3.82. The summed E-state index contributed by atoms with van der Waals surface area (Å²) >= 11 is 0. The maximum atomic E-state index is 7.50. The summed E-state index contributed by atoms with van der Waals surface area (Å²) in [6.45, 7) is 29.5. The van der Waals surface area contributed by atoms with Crippen LogP contribution in [0.3, 0.4) is 0 Å². The van der Waals surface area contributed by atoms with Gasteiger partial charge in [-0.05, 0) is 271 Å². The number of rotatable bonds is 0.